The molecule has 0 aliphatic rings. The molecule has 4 nitrogen and oxygen atoms in total. The molecule has 0 spiro atoms. The van der Waals surface area contributed by atoms with Gasteiger partial charge in [-0.3, -0.25) is 0 Å². The van der Waals surface area contributed by atoms with Crippen molar-refractivity contribution < 1.29 is 31.4 Å². The second-order valence-corrected chi connectivity index (χ2v) is 12.4. The summed E-state index contributed by atoms with van der Waals surface area (Å²) < 4.78 is 47.9. The second kappa shape index (κ2) is 14.3. The van der Waals surface area contributed by atoms with Crippen LogP contribution in [0.4, 0.5) is 0 Å². The van der Waals surface area contributed by atoms with Crippen molar-refractivity contribution in [3.05, 3.63) is 144 Å². The number of pyridine rings is 2. The molecule has 0 saturated heterocycles. The van der Waals surface area contributed by atoms with E-state index in [1.54, 1.807) is 36.4 Å². The minimum absolute atomic E-state index is 0. The van der Waals surface area contributed by atoms with Gasteiger partial charge in [0, 0.05) is 42.0 Å². The van der Waals surface area contributed by atoms with E-state index in [9.17, 15) is 5.26 Å². The number of hydrogen-bond acceptors (Lipinski definition) is 4. The molecule has 3 heterocycles. The fourth-order valence-electron chi connectivity index (χ4n) is 5.26. The standard InChI is InChI=1S/C30H25N2O.C12H10N.Ir/c1-19-18-32-27(15-26(19)22-11-8-20(9-12-22)16-30(2,3)4)25-7-5-6-24-23-13-10-21(17-31)14-28(23)33-29(24)25;1-10-7-8-12(13-9-10)11-5-3-2-4-6-11;/h5-6,8-15,18H,16H2,1-4H3;2-5,7-9H,1H3;/q2*-1;/i1D3,11D,12D;;. The molecule has 0 atom stereocenters. The largest absolute Gasteiger partial charge is 0.501 e. The average molecular weight is 795 g/mol. The summed E-state index contributed by atoms with van der Waals surface area (Å²) in [5, 5.41) is 10.9. The predicted octanol–water partition coefficient (Wildman–Crippen LogP) is 10.7. The Morgan fingerprint density at radius 3 is 2.38 bits per heavy atom. The number of nitrogens with zero attached hydrogens (tertiary/aromatic N) is 3. The van der Waals surface area contributed by atoms with Crippen LogP contribution < -0.4 is 0 Å². The predicted molar refractivity (Wildman–Crippen MR) is 187 cm³/mol. The number of hydrogen-bond donors (Lipinski definition) is 0. The van der Waals surface area contributed by atoms with Crippen molar-refractivity contribution in [2.45, 2.75) is 41.0 Å². The van der Waals surface area contributed by atoms with Gasteiger partial charge in [0.2, 0.25) is 0 Å². The van der Waals surface area contributed by atoms with E-state index in [0.29, 0.717) is 34.4 Å². The molecule has 5 heteroatoms. The van der Waals surface area contributed by atoms with Crippen molar-refractivity contribution in [2.24, 2.45) is 5.41 Å². The van der Waals surface area contributed by atoms with Gasteiger partial charge in [-0.25, -0.2) is 0 Å². The van der Waals surface area contributed by atoms with Gasteiger partial charge in [0.05, 0.1) is 20.0 Å². The number of aryl methyl sites for hydroxylation is 2. The van der Waals surface area contributed by atoms with E-state index >= 15 is 0 Å². The average Bonchev–Trinajstić information content (AvgIpc) is 3.46. The summed E-state index contributed by atoms with van der Waals surface area (Å²) in [5.41, 5.74) is 7.00. The molecule has 7 aromatic rings. The number of rotatable bonds is 4. The zero-order chi connectivity index (χ0) is 36.5. The van der Waals surface area contributed by atoms with Crippen molar-refractivity contribution in [2.75, 3.05) is 0 Å². The van der Waals surface area contributed by atoms with Crippen molar-refractivity contribution in [1.29, 1.82) is 5.26 Å². The molecule has 0 aliphatic carbocycles. The minimum atomic E-state index is -2.49. The summed E-state index contributed by atoms with van der Waals surface area (Å²) in [4.78, 5) is 8.77. The molecule has 0 bridgehead atoms. The Morgan fingerprint density at radius 2 is 1.70 bits per heavy atom. The first kappa shape index (κ1) is 27.3. The Bertz CT molecular complexity index is 2390. The molecule has 0 fully saturated rings. The topological polar surface area (TPSA) is 62.7 Å². The van der Waals surface area contributed by atoms with Crippen LogP contribution in [-0.4, -0.2) is 9.97 Å². The van der Waals surface area contributed by atoms with E-state index in [0.717, 1.165) is 27.6 Å². The van der Waals surface area contributed by atoms with Gasteiger partial charge in [0.15, 0.2) is 0 Å². The van der Waals surface area contributed by atoms with Gasteiger partial charge in [0.1, 0.15) is 5.58 Å². The van der Waals surface area contributed by atoms with Crippen LogP contribution in [0.2, 0.25) is 0 Å². The third kappa shape index (κ3) is 7.75. The number of benzene rings is 4. The maximum Gasteiger partial charge on any atom is 0.122 e. The number of aromatic nitrogens is 2. The van der Waals surface area contributed by atoms with E-state index in [4.69, 9.17) is 11.3 Å². The molecular formula is C42H35IrN3O-2. The third-order valence-electron chi connectivity index (χ3n) is 7.43. The Hall–Kier alpha value is -4.88. The van der Waals surface area contributed by atoms with Gasteiger partial charge in [-0.2, -0.15) is 5.26 Å². The number of fused-ring (bicyclic) bond motifs is 3. The summed E-state index contributed by atoms with van der Waals surface area (Å²) in [6.07, 6.45) is 3.86. The molecule has 1 radical (unpaired) electrons. The van der Waals surface area contributed by atoms with E-state index in [1.165, 1.54) is 11.8 Å². The van der Waals surface area contributed by atoms with Crippen LogP contribution in [0.5, 0.6) is 0 Å². The molecule has 4 aromatic carbocycles. The molecule has 0 N–H and O–H groups in total. The van der Waals surface area contributed by atoms with E-state index in [-0.39, 0.29) is 54.3 Å². The van der Waals surface area contributed by atoms with E-state index in [2.05, 4.69) is 55.0 Å². The number of furan rings is 1. The molecular weight excluding hydrogens is 755 g/mol. The Balaban J connectivity index is 0.000000314. The van der Waals surface area contributed by atoms with Crippen LogP contribution in [0.25, 0.3) is 55.6 Å². The SMILES string of the molecule is Cc1ccc(-c2[c-]cccc2)nc1.[2H]c1cc(CC(C)(C)C)cc([2H])c1-c1cc(-c2[c-]ccc3c2oc2cc(C#N)ccc23)ncc1C([2H])([2H])[2H].[Ir]. The van der Waals surface area contributed by atoms with Crippen LogP contribution in [0.15, 0.2) is 114 Å². The van der Waals surface area contributed by atoms with Gasteiger partial charge in [-0.15, -0.1) is 54.1 Å². The summed E-state index contributed by atoms with van der Waals surface area (Å²) in [6, 6.07) is 34.4. The van der Waals surface area contributed by atoms with Gasteiger partial charge in [-0.1, -0.05) is 80.2 Å². The maximum absolute atomic E-state index is 9.27. The van der Waals surface area contributed by atoms with Crippen LogP contribution in [0.3, 0.4) is 0 Å². The summed E-state index contributed by atoms with van der Waals surface area (Å²) in [6.45, 7) is 5.81. The molecule has 3 aromatic heterocycles. The first-order valence-corrected chi connectivity index (χ1v) is 15.0. The van der Waals surface area contributed by atoms with Crippen molar-refractivity contribution in [1.82, 2.24) is 9.97 Å². The van der Waals surface area contributed by atoms with Crippen LogP contribution >= 0.6 is 0 Å². The molecule has 47 heavy (non-hydrogen) atoms. The van der Waals surface area contributed by atoms with Crippen LogP contribution in [-0.2, 0) is 26.5 Å². The normalized spacial score (nSPS) is 12.8. The summed E-state index contributed by atoms with van der Waals surface area (Å²) in [5.74, 6) is 0. The number of nitriles is 1. The molecule has 0 aliphatic heterocycles. The minimum Gasteiger partial charge on any atom is -0.501 e. The molecule has 235 valence electrons. The first-order valence-electron chi connectivity index (χ1n) is 17.5. The van der Waals surface area contributed by atoms with Gasteiger partial charge < -0.3 is 14.4 Å². The van der Waals surface area contributed by atoms with E-state index in [1.807, 2.05) is 55.6 Å². The summed E-state index contributed by atoms with van der Waals surface area (Å²) >= 11 is 0. The van der Waals surface area contributed by atoms with Crippen molar-refractivity contribution in [3.8, 4) is 39.7 Å². The van der Waals surface area contributed by atoms with Crippen molar-refractivity contribution >= 4 is 21.9 Å². The van der Waals surface area contributed by atoms with Gasteiger partial charge >= 0.3 is 0 Å². The van der Waals surface area contributed by atoms with Crippen LogP contribution in [0, 0.1) is 42.7 Å². The smallest absolute Gasteiger partial charge is 0.122 e. The molecule has 0 saturated carbocycles. The first-order chi connectivity index (χ1) is 24.2. The summed E-state index contributed by atoms with van der Waals surface area (Å²) in [7, 11) is 0. The zero-order valence-electron chi connectivity index (χ0n) is 31.5. The Morgan fingerprint density at radius 1 is 0.894 bits per heavy atom. The van der Waals surface area contributed by atoms with Crippen molar-refractivity contribution in [3.63, 3.8) is 0 Å². The van der Waals surface area contributed by atoms with Gasteiger partial charge in [0.25, 0.3) is 0 Å². The molecule has 0 unspecified atom stereocenters. The van der Waals surface area contributed by atoms with Gasteiger partial charge in [-0.05, 0) is 76.9 Å². The molecule has 0 amide bonds. The maximum atomic E-state index is 9.27. The molecule has 7 rings (SSSR count). The van der Waals surface area contributed by atoms with E-state index < -0.39 is 6.85 Å². The zero-order valence-corrected chi connectivity index (χ0v) is 28.9. The second-order valence-electron chi connectivity index (χ2n) is 12.4. The van der Waals surface area contributed by atoms with Crippen LogP contribution in [0.1, 0.15) is 49.9 Å². The third-order valence-corrected chi connectivity index (χ3v) is 7.43. The monoisotopic (exact) mass is 795 g/mol. The quantitative estimate of drug-likeness (QED) is 0.167. The Labute approximate surface area is 297 Å². The fraction of sp³-hybridized carbons (Fsp3) is 0.167. The Kier molecular flexibility index (Phi) is 8.27. The fourth-order valence-corrected chi connectivity index (χ4v) is 5.26.